The highest BCUT2D eigenvalue weighted by atomic mass is 15.2. The van der Waals surface area contributed by atoms with E-state index in [0.29, 0.717) is 18.0 Å². The zero-order valence-electron chi connectivity index (χ0n) is 14.1. The number of benzene rings is 1. The maximum Gasteiger partial charge on any atom is 0.0501 e. The molecule has 1 aromatic rings. The van der Waals surface area contributed by atoms with Crippen molar-refractivity contribution in [2.75, 3.05) is 7.05 Å². The summed E-state index contributed by atoms with van der Waals surface area (Å²) in [6.45, 7) is 11.2. The van der Waals surface area contributed by atoms with Gasteiger partial charge in [0.25, 0.3) is 0 Å². The predicted molar refractivity (Wildman–Crippen MR) is 88.9 cm³/mol. The van der Waals surface area contributed by atoms with Crippen molar-refractivity contribution in [1.82, 2.24) is 4.90 Å². The summed E-state index contributed by atoms with van der Waals surface area (Å²) < 4.78 is 0. The molecule has 2 heteroatoms. The highest BCUT2D eigenvalue weighted by Gasteiger charge is 2.27. The Hall–Kier alpha value is -0.860. The van der Waals surface area contributed by atoms with Crippen LogP contribution in [0, 0.1) is 12.8 Å². The fraction of sp³-hybridized carbons (Fsp3) is 0.667. The number of hydrogen-bond donors (Lipinski definition) is 1. The molecule has 0 aromatic heterocycles. The molecule has 1 aromatic carbocycles. The summed E-state index contributed by atoms with van der Waals surface area (Å²) in [4.78, 5) is 2.47. The lowest BCUT2D eigenvalue weighted by Gasteiger charge is -2.38. The van der Waals surface area contributed by atoms with Crippen molar-refractivity contribution in [3.8, 4) is 0 Å². The molecule has 0 fully saturated rings. The van der Waals surface area contributed by atoms with Gasteiger partial charge in [0.2, 0.25) is 0 Å². The summed E-state index contributed by atoms with van der Waals surface area (Å²) in [5, 5.41) is 0. The molecule has 114 valence electrons. The van der Waals surface area contributed by atoms with Crippen LogP contribution in [0.25, 0.3) is 0 Å². The van der Waals surface area contributed by atoms with Gasteiger partial charge in [0.1, 0.15) is 0 Å². The smallest absolute Gasteiger partial charge is 0.0501 e. The fourth-order valence-electron chi connectivity index (χ4n) is 3.02. The van der Waals surface area contributed by atoms with Gasteiger partial charge in [-0.2, -0.15) is 0 Å². The monoisotopic (exact) mass is 276 g/mol. The summed E-state index contributed by atoms with van der Waals surface area (Å²) in [7, 11) is 2.22. The van der Waals surface area contributed by atoms with E-state index in [4.69, 9.17) is 5.73 Å². The minimum absolute atomic E-state index is 0.177. The van der Waals surface area contributed by atoms with Gasteiger partial charge in [0.05, 0.1) is 6.04 Å². The Morgan fingerprint density at radius 1 is 1.15 bits per heavy atom. The molecule has 3 atom stereocenters. The third-order valence-corrected chi connectivity index (χ3v) is 4.33. The first-order valence-corrected chi connectivity index (χ1v) is 7.91. The van der Waals surface area contributed by atoms with Crippen LogP contribution in [-0.2, 0) is 0 Å². The van der Waals surface area contributed by atoms with Crippen molar-refractivity contribution in [2.24, 2.45) is 11.7 Å². The Kier molecular flexibility index (Phi) is 6.70. The van der Waals surface area contributed by atoms with Crippen LogP contribution >= 0.6 is 0 Å². The van der Waals surface area contributed by atoms with E-state index < -0.39 is 0 Å². The molecule has 2 nitrogen and oxygen atoms in total. The van der Waals surface area contributed by atoms with Crippen molar-refractivity contribution in [3.05, 3.63) is 35.4 Å². The number of nitrogens with two attached hydrogens (primary N) is 1. The van der Waals surface area contributed by atoms with E-state index in [1.807, 2.05) is 0 Å². The summed E-state index contributed by atoms with van der Waals surface area (Å²) >= 11 is 0. The highest BCUT2D eigenvalue weighted by Crippen LogP contribution is 2.29. The van der Waals surface area contributed by atoms with Crippen LogP contribution in [0.15, 0.2) is 24.3 Å². The Morgan fingerprint density at radius 2 is 1.75 bits per heavy atom. The molecule has 0 aliphatic rings. The van der Waals surface area contributed by atoms with E-state index in [0.717, 1.165) is 6.42 Å². The average molecular weight is 276 g/mol. The van der Waals surface area contributed by atoms with E-state index in [1.54, 1.807) is 0 Å². The third-order valence-electron chi connectivity index (χ3n) is 4.33. The minimum atomic E-state index is 0.177. The normalized spacial score (nSPS) is 16.4. The second-order valence-electron chi connectivity index (χ2n) is 6.52. The van der Waals surface area contributed by atoms with Gasteiger partial charge in [-0.1, -0.05) is 45.0 Å². The second-order valence-corrected chi connectivity index (χ2v) is 6.52. The van der Waals surface area contributed by atoms with Crippen LogP contribution in [0.3, 0.4) is 0 Å². The molecule has 0 aliphatic heterocycles. The molecule has 0 heterocycles. The van der Waals surface area contributed by atoms with Crippen molar-refractivity contribution >= 4 is 0 Å². The summed E-state index contributed by atoms with van der Waals surface area (Å²) in [6.07, 6.45) is 2.20. The van der Waals surface area contributed by atoms with Crippen LogP contribution < -0.4 is 5.73 Å². The van der Waals surface area contributed by atoms with Gasteiger partial charge < -0.3 is 5.73 Å². The Morgan fingerprint density at radius 3 is 2.25 bits per heavy atom. The molecule has 0 saturated carbocycles. The van der Waals surface area contributed by atoms with Gasteiger partial charge >= 0.3 is 0 Å². The maximum absolute atomic E-state index is 6.45. The lowest BCUT2D eigenvalue weighted by Crippen LogP contribution is -2.43. The third kappa shape index (κ3) is 4.32. The molecular weight excluding hydrogens is 244 g/mol. The van der Waals surface area contributed by atoms with Crippen molar-refractivity contribution in [2.45, 2.75) is 65.6 Å². The molecule has 3 unspecified atom stereocenters. The van der Waals surface area contributed by atoms with E-state index in [-0.39, 0.29) is 6.04 Å². The van der Waals surface area contributed by atoms with Gasteiger partial charge in [0.15, 0.2) is 0 Å². The summed E-state index contributed by atoms with van der Waals surface area (Å²) in [5.41, 5.74) is 9.16. The first kappa shape index (κ1) is 17.2. The van der Waals surface area contributed by atoms with Crippen LogP contribution in [0.1, 0.15) is 57.7 Å². The zero-order valence-corrected chi connectivity index (χ0v) is 14.1. The summed E-state index contributed by atoms with van der Waals surface area (Å²) in [5.74, 6) is 0.711. The van der Waals surface area contributed by atoms with Crippen molar-refractivity contribution in [1.29, 1.82) is 0 Å². The van der Waals surface area contributed by atoms with Crippen LogP contribution in [0.5, 0.6) is 0 Å². The molecule has 0 bridgehead atoms. The zero-order chi connectivity index (χ0) is 15.3. The van der Waals surface area contributed by atoms with Gasteiger partial charge in [-0.05, 0) is 50.8 Å². The fourth-order valence-corrected chi connectivity index (χ4v) is 3.02. The Balaban J connectivity index is 3.04. The van der Waals surface area contributed by atoms with Crippen LogP contribution in [0.4, 0.5) is 0 Å². The van der Waals surface area contributed by atoms with Crippen molar-refractivity contribution < 1.29 is 0 Å². The number of aryl methyl sites for hydroxylation is 1. The van der Waals surface area contributed by atoms with E-state index >= 15 is 0 Å². The molecule has 0 amide bonds. The second kappa shape index (κ2) is 7.80. The summed E-state index contributed by atoms with van der Waals surface area (Å²) in [6, 6.07) is 9.66. The number of rotatable bonds is 7. The molecule has 0 aliphatic carbocycles. The number of hydrogen-bond acceptors (Lipinski definition) is 2. The van der Waals surface area contributed by atoms with Gasteiger partial charge in [0, 0.05) is 12.1 Å². The predicted octanol–water partition coefficient (Wildman–Crippen LogP) is 4.14. The van der Waals surface area contributed by atoms with E-state index in [1.165, 1.54) is 17.5 Å². The molecular formula is C18H32N2. The van der Waals surface area contributed by atoms with Crippen LogP contribution in [0.2, 0.25) is 0 Å². The highest BCUT2D eigenvalue weighted by molar-refractivity contribution is 5.30. The Labute approximate surface area is 125 Å². The maximum atomic E-state index is 6.45. The molecule has 0 saturated heterocycles. The van der Waals surface area contributed by atoms with Gasteiger partial charge in [-0.3, -0.25) is 4.90 Å². The first-order chi connectivity index (χ1) is 9.38. The lowest BCUT2D eigenvalue weighted by molar-refractivity contribution is 0.141. The van der Waals surface area contributed by atoms with Crippen LogP contribution in [-0.4, -0.2) is 24.0 Å². The lowest BCUT2D eigenvalue weighted by atomic mass is 9.91. The number of likely N-dealkylation sites (N-methyl/N-ethyl adjacent to an activating group) is 1. The van der Waals surface area contributed by atoms with Gasteiger partial charge in [-0.25, -0.2) is 0 Å². The molecule has 2 N–H and O–H groups in total. The largest absolute Gasteiger partial charge is 0.326 e. The quantitative estimate of drug-likeness (QED) is 0.811. The number of nitrogens with zero attached hydrogens (tertiary/aromatic N) is 1. The standard InChI is InChI=1S/C18H32N2/c1-7-17(19)18(16-11-9-8-10-14(16)4)20(6)15(5)12-13(2)3/h8-11,13,15,17-18H,7,12,19H2,1-6H3. The molecule has 0 radical (unpaired) electrons. The van der Waals surface area contributed by atoms with E-state index in [2.05, 4.69) is 70.8 Å². The SMILES string of the molecule is CCC(N)C(c1ccccc1C)N(C)C(C)CC(C)C. The molecule has 20 heavy (non-hydrogen) atoms. The first-order valence-electron chi connectivity index (χ1n) is 7.91. The van der Waals surface area contributed by atoms with E-state index in [9.17, 15) is 0 Å². The van der Waals surface area contributed by atoms with Crippen molar-refractivity contribution in [3.63, 3.8) is 0 Å². The topological polar surface area (TPSA) is 29.3 Å². The molecule has 1 rings (SSSR count). The molecule has 0 spiro atoms. The van der Waals surface area contributed by atoms with Gasteiger partial charge in [-0.15, -0.1) is 0 Å². The Bertz CT molecular complexity index is 400. The average Bonchev–Trinajstić information content (AvgIpc) is 2.39. The minimum Gasteiger partial charge on any atom is -0.326 e.